The van der Waals surface area contributed by atoms with Crippen LogP contribution in [0.1, 0.15) is 43.4 Å². The van der Waals surface area contributed by atoms with Gasteiger partial charge in [0.1, 0.15) is 24.8 Å². The fraction of sp³-hybridized carbons (Fsp3) is 0.281. The maximum atomic E-state index is 13.7. The highest BCUT2D eigenvalue weighted by Crippen LogP contribution is 2.44. The lowest BCUT2D eigenvalue weighted by Gasteiger charge is -2.30. The van der Waals surface area contributed by atoms with Crippen molar-refractivity contribution in [2.75, 3.05) is 18.1 Å². The van der Waals surface area contributed by atoms with Gasteiger partial charge in [-0.05, 0) is 61.1 Å². The topological polar surface area (TPSA) is 84.9 Å². The number of hydrogen-bond donors (Lipinski definition) is 1. The van der Waals surface area contributed by atoms with Gasteiger partial charge in [-0.2, -0.15) is 0 Å². The number of hydrogen-bond acceptors (Lipinski definition) is 5. The number of carbonyl (C=O) groups is 3. The molecule has 0 aromatic heterocycles. The standard InChI is InChI=1S/C32H32N2O5/c1-32(2,3)39-29(35)19-34-28-18-9-4-11-21(28)12-10-17-27(30(34)36)33-31(37)38-20-26-24-15-7-5-13-22(24)23-14-6-8-16-25(23)26/h4-11,13-18,26-27H,12,19-20H2,1-3H3,(H,33,37)/b17-10+/t27-/m0/s1. The Morgan fingerprint density at radius 3 is 2.21 bits per heavy atom. The van der Waals surface area contributed by atoms with Crippen molar-refractivity contribution in [2.45, 2.75) is 44.8 Å². The normalized spacial score (nSPS) is 17.3. The second-order valence-corrected chi connectivity index (χ2v) is 10.7. The van der Waals surface area contributed by atoms with E-state index < -0.39 is 29.6 Å². The number of esters is 1. The van der Waals surface area contributed by atoms with Crippen LogP contribution in [-0.2, 0) is 25.5 Å². The first-order valence-corrected chi connectivity index (χ1v) is 13.1. The fourth-order valence-electron chi connectivity index (χ4n) is 5.19. The molecule has 3 aromatic carbocycles. The van der Waals surface area contributed by atoms with Crippen LogP contribution in [0.4, 0.5) is 10.5 Å². The summed E-state index contributed by atoms with van der Waals surface area (Å²) in [5.74, 6) is -1.07. The lowest BCUT2D eigenvalue weighted by atomic mass is 9.98. The Balaban J connectivity index is 1.31. The zero-order valence-electron chi connectivity index (χ0n) is 22.3. The molecule has 0 bridgehead atoms. The molecule has 5 rings (SSSR count). The Morgan fingerprint density at radius 2 is 1.54 bits per heavy atom. The number of ether oxygens (including phenoxy) is 2. The van der Waals surface area contributed by atoms with Crippen LogP contribution in [0, 0.1) is 0 Å². The number of anilines is 1. The van der Waals surface area contributed by atoms with E-state index in [1.165, 1.54) is 4.90 Å². The van der Waals surface area contributed by atoms with Crippen LogP contribution in [0.2, 0.25) is 0 Å². The Bertz CT molecular complexity index is 1390. The molecule has 2 aliphatic rings. The van der Waals surface area contributed by atoms with E-state index in [9.17, 15) is 14.4 Å². The van der Waals surface area contributed by atoms with E-state index in [1.807, 2.05) is 60.7 Å². The molecule has 0 fully saturated rings. The van der Waals surface area contributed by atoms with Crippen LogP contribution in [-0.4, -0.2) is 42.8 Å². The second kappa shape index (κ2) is 10.8. The zero-order chi connectivity index (χ0) is 27.6. The monoisotopic (exact) mass is 524 g/mol. The molecule has 0 saturated carbocycles. The third-order valence-corrected chi connectivity index (χ3v) is 6.81. The van der Waals surface area contributed by atoms with Crippen molar-refractivity contribution in [3.8, 4) is 11.1 Å². The minimum absolute atomic E-state index is 0.0951. The number of amides is 2. The molecular weight excluding hydrogens is 492 g/mol. The average Bonchev–Trinajstić information content (AvgIpc) is 3.22. The number of nitrogens with one attached hydrogen (secondary N) is 1. The first kappa shape index (κ1) is 26.2. The molecule has 0 spiro atoms. The third kappa shape index (κ3) is 5.72. The van der Waals surface area contributed by atoms with Gasteiger partial charge in [0.2, 0.25) is 0 Å². The van der Waals surface area contributed by atoms with E-state index in [-0.39, 0.29) is 19.1 Å². The quantitative estimate of drug-likeness (QED) is 0.358. The zero-order valence-corrected chi connectivity index (χ0v) is 22.3. The van der Waals surface area contributed by atoms with Gasteiger partial charge in [0, 0.05) is 11.6 Å². The SMILES string of the molecule is CC(C)(C)OC(=O)CN1C(=O)[C@@H](NC(=O)OCC2c3ccccc3-c3ccccc32)/C=C/Cc2ccccc21. The maximum Gasteiger partial charge on any atom is 0.408 e. The van der Waals surface area contributed by atoms with Gasteiger partial charge in [-0.15, -0.1) is 0 Å². The van der Waals surface area contributed by atoms with Gasteiger partial charge in [0.15, 0.2) is 0 Å². The van der Waals surface area contributed by atoms with Crippen molar-refractivity contribution < 1.29 is 23.9 Å². The summed E-state index contributed by atoms with van der Waals surface area (Å²) in [5.41, 5.74) is 5.29. The van der Waals surface area contributed by atoms with Crippen molar-refractivity contribution in [3.63, 3.8) is 0 Å². The maximum absolute atomic E-state index is 13.7. The fourth-order valence-corrected chi connectivity index (χ4v) is 5.19. The lowest BCUT2D eigenvalue weighted by molar-refractivity contribution is -0.153. The number of benzene rings is 3. The molecular formula is C32H32N2O5. The van der Waals surface area contributed by atoms with Gasteiger partial charge in [-0.25, -0.2) is 4.79 Å². The number of para-hydroxylation sites is 1. The predicted octanol–water partition coefficient (Wildman–Crippen LogP) is 5.38. The van der Waals surface area contributed by atoms with Crippen molar-refractivity contribution in [3.05, 3.63) is 102 Å². The first-order valence-electron chi connectivity index (χ1n) is 13.1. The largest absolute Gasteiger partial charge is 0.459 e. The van der Waals surface area contributed by atoms with Crippen LogP contribution in [0.15, 0.2) is 84.9 Å². The summed E-state index contributed by atoms with van der Waals surface area (Å²) in [7, 11) is 0. The van der Waals surface area contributed by atoms with E-state index in [0.717, 1.165) is 27.8 Å². The number of carbonyl (C=O) groups excluding carboxylic acids is 3. The Morgan fingerprint density at radius 1 is 0.923 bits per heavy atom. The molecule has 1 N–H and O–H groups in total. The van der Waals surface area contributed by atoms with Crippen LogP contribution >= 0.6 is 0 Å². The first-order chi connectivity index (χ1) is 18.7. The summed E-state index contributed by atoms with van der Waals surface area (Å²) < 4.78 is 11.2. The molecule has 200 valence electrons. The number of fused-ring (bicyclic) bond motifs is 4. The Labute approximate surface area is 228 Å². The molecule has 0 unspecified atom stereocenters. The molecule has 1 atom stereocenters. The van der Waals surface area contributed by atoms with E-state index in [0.29, 0.717) is 12.1 Å². The van der Waals surface area contributed by atoms with E-state index in [1.54, 1.807) is 32.9 Å². The van der Waals surface area contributed by atoms with Crippen LogP contribution in [0.3, 0.4) is 0 Å². The van der Waals surface area contributed by atoms with Gasteiger partial charge in [-0.3, -0.25) is 14.5 Å². The van der Waals surface area contributed by atoms with Crippen LogP contribution in [0.5, 0.6) is 0 Å². The molecule has 1 heterocycles. The summed E-state index contributed by atoms with van der Waals surface area (Å²) in [6, 6.07) is 22.6. The molecule has 1 aliphatic heterocycles. The second-order valence-electron chi connectivity index (χ2n) is 10.7. The molecule has 39 heavy (non-hydrogen) atoms. The highest BCUT2D eigenvalue weighted by Gasteiger charge is 2.32. The van der Waals surface area contributed by atoms with Crippen molar-refractivity contribution in [1.82, 2.24) is 5.32 Å². The number of allylic oxidation sites excluding steroid dienone is 1. The third-order valence-electron chi connectivity index (χ3n) is 6.81. The Hall–Kier alpha value is -4.39. The molecule has 1 aliphatic carbocycles. The van der Waals surface area contributed by atoms with E-state index in [4.69, 9.17) is 9.47 Å². The molecule has 0 saturated heterocycles. The number of nitrogens with zero attached hydrogens (tertiary/aromatic N) is 1. The van der Waals surface area contributed by atoms with Crippen molar-refractivity contribution >= 4 is 23.7 Å². The minimum atomic E-state index is -1.00. The molecule has 3 aromatic rings. The summed E-state index contributed by atoms with van der Waals surface area (Å²) in [4.78, 5) is 40.7. The number of rotatable bonds is 5. The lowest BCUT2D eigenvalue weighted by Crippen LogP contribution is -2.50. The highest BCUT2D eigenvalue weighted by atomic mass is 16.6. The summed E-state index contributed by atoms with van der Waals surface area (Å²) in [5, 5.41) is 2.70. The molecule has 7 nitrogen and oxygen atoms in total. The van der Waals surface area contributed by atoms with Crippen molar-refractivity contribution in [1.29, 1.82) is 0 Å². The Kier molecular flexibility index (Phi) is 7.24. The highest BCUT2D eigenvalue weighted by molar-refractivity contribution is 6.03. The van der Waals surface area contributed by atoms with Gasteiger partial charge in [-0.1, -0.05) is 78.9 Å². The summed E-state index contributed by atoms with van der Waals surface area (Å²) in [6.45, 7) is 5.19. The summed E-state index contributed by atoms with van der Waals surface area (Å²) in [6.07, 6.45) is 3.32. The van der Waals surface area contributed by atoms with Gasteiger partial charge in [0.25, 0.3) is 5.91 Å². The molecule has 2 amide bonds. The van der Waals surface area contributed by atoms with Gasteiger partial charge >= 0.3 is 12.1 Å². The van der Waals surface area contributed by atoms with Crippen molar-refractivity contribution in [2.24, 2.45) is 0 Å². The van der Waals surface area contributed by atoms with E-state index in [2.05, 4.69) is 17.4 Å². The summed E-state index contributed by atoms with van der Waals surface area (Å²) >= 11 is 0. The average molecular weight is 525 g/mol. The van der Waals surface area contributed by atoms with E-state index >= 15 is 0 Å². The van der Waals surface area contributed by atoms with Gasteiger partial charge in [0.05, 0.1) is 0 Å². The molecule has 0 radical (unpaired) electrons. The smallest absolute Gasteiger partial charge is 0.408 e. The van der Waals surface area contributed by atoms with Gasteiger partial charge < -0.3 is 14.8 Å². The minimum Gasteiger partial charge on any atom is -0.459 e. The predicted molar refractivity (Wildman–Crippen MR) is 149 cm³/mol. The van der Waals surface area contributed by atoms with Crippen LogP contribution < -0.4 is 10.2 Å². The number of alkyl carbamates (subject to hydrolysis) is 1. The van der Waals surface area contributed by atoms with Crippen LogP contribution in [0.25, 0.3) is 11.1 Å². The molecule has 7 heteroatoms.